The van der Waals surface area contributed by atoms with Crippen LogP contribution < -0.4 is 4.74 Å². The molecule has 2 rings (SSSR count). The Bertz CT molecular complexity index is 412. The van der Waals surface area contributed by atoms with Crippen LogP contribution in [0.3, 0.4) is 0 Å². The van der Waals surface area contributed by atoms with E-state index < -0.39 is 5.97 Å². The molecule has 1 aromatic carbocycles. The largest absolute Gasteiger partial charge is 0.497 e. The fourth-order valence-electron chi connectivity index (χ4n) is 2.47. The molecule has 0 saturated carbocycles. The molecule has 1 aromatic rings. The molecule has 16 heavy (non-hydrogen) atoms. The first-order valence-corrected chi connectivity index (χ1v) is 5.53. The van der Waals surface area contributed by atoms with Crippen molar-refractivity contribution in [3.05, 3.63) is 29.3 Å². The first kappa shape index (κ1) is 11.0. The molecule has 86 valence electrons. The standard InChI is InChI=1S/C13H16O3/c1-8-11(13(14)15)6-4-9-3-5-10(16-2)7-12(8)9/h3,5,7-8,11H,4,6H2,1-2H3,(H,14,15). The quantitative estimate of drug-likeness (QED) is 0.832. The molecule has 0 amide bonds. The Morgan fingerprint density at radius 1 is 1.50 bits per heavy atom. The number of methoxy groups -OCH3 is 1. The van der Waals surface area contributed by atoms with E-state index in [2.05, 4.69) is 0 Å². The van der Waals surface area contributed by atoms with Crippen LogP contribution in [0, 0.1) is 5.92 Å². The minimum Gasteiger partial charge on any atom is -0.497 e. The zero-order valence-electron chi connectivity index (χ0n) is 9.56. The number of hydrogen-bond acceptors (Lipinski definition) is 2. The van der Waals surface area contributed by atoms with Gasteiger partial charge in [0, 0.05) is 0 Å². The fraction of sp³-hybridized carbons (Fsp3) is 0.462. The summed E-state index contributed by atoms with van der Waals surface area (Å²) in [4.78, 5) is 11.1. The Balaban J connectivity index is 2.38. The summed E-state index contributed by atoms with van der Waals surface area (Å²) >= 11 is 0. The third-order valence-electron chi connectivity index (χ3n) is 3.49. The molecule has 3 heteroatoms. The van der Waals surface area contributed by atoms with Crippen molar-refractivity contribution in [1.29, 1.82) is 0 Å². The van der Waals surface area contributed by atoms with Gasteiger partial charge in [-0.2, -0.15) is 0 Å². The number of carboxylic acid groups (broad SMARTS) is 1. The lowest BCUT2D eigenvalue weighted by Crippen LogP contribution is -2.25. The number of fused-ring (bicyclic) bond motifs is 1. The summed E-state index contributed by atoms with van der Waals surface area (Å²) in [5.41, 5.74) is 2.38. The van der Waals surface area contributed by atoms with Crippen molar-refractivity contribution in [2.45, 2.75) is 25.7 Å². The van der Waals surface area contributed by atoms with Gasteiger partial charge in [-0.25, -0.2) is 0 Å². The van der Waals surface area contributed by atoms with Gasteiger partial charge in [-0.15, -0.1) is 0 Å². The number of carboxylic acids is 1. The third kappa shape index (κ3) is 1.77. The van der Waals surface area contributed by atoms with Gasteiger partial charge in [0.25, 0.3) is 0 Å². The minimum atomic E-state index is -0.694. The van der Waals surface area contributed by atoms with Gasteiger partial charge >= 0.3 is 5.97 Å². The van der Waals surface area contributed by atoms with Gasteiger partial charge < -0.3 is 9.84 Å². The molecule has 0 bridgehead atoms. The molecular weight excluding hydrogens is 204 g/mol. The molecule has 1 aliphatic rings. The van der Waals surface area contributed by atoms with Gasteiger partial charge in [0.05, 0.1) is 13.0 Å². The van der Waals surface area contributed by atoms with Crippen LogP contribution in [0.1, 0.15) is 30.4 Å². The average molecular weight is 220 g/mol. The van der Waals surface area contributed by atoms with Crippen molar-refractivity contribution < 1.29 is 14.6 Å². The number of aliphatic carboxylic acids is 1. The highest BCUT2D eigenvalue weighted by Crippen LogP contribution is 2.37. The van der Waals surface area contributed by atoms with Crippen molar-refractivity contribution in [3.8, 4) is 5.75 Å². The van der Waals surface area contributed by atoms with E-state index in [1.54, 1.807) is 7.11 Å². The molecule has 0 heterocycles. The number of ether oxygens (including phenoxy) is 1. The number of rotatable bonds is 2. The van der Waals surface area contributed by atoms with E-state index in [-0.39, 0.29) is 11.8 Å². The Labute approximate surface area is 95.0 Å². The lowest BCUT2D eigenvalue weighted by atomic mass is 9.76. The van der Waals surface area contributed by atoms with Gasteiger partial charge in [-0.1, -0.05) is 13.0 Å². The normalized spacial score (nSPS) is 23.6. The van der Waals surface area contributed by atoms with Crippen LogP contribution in [0.15, 0.2) is 18.2 Å². The van der Waals surface area contributed by atoms with Gasteiger partial charge in [0.1, 0.15) is 5.75 Å². The Hall–Kier alpha value is -1.51. The lowest BCUT2D eigenvalue weighted by Gasteiger charge is -2.28. The van der Waals surface area contributed by atoms with E-state index in [1.165, 1.54) is 5.56 Å². The smallest absolute Gasteiger partial charge is 0.307 e. The maximum atomic E-state index is 11.1. The molecule has 1 N–H and O–H groups in total. The third-order valence-corrected chi connectivity index (χ3v) is 3.49. The highest BCUT2D eigenvalue weighted by atomic mass is 16.5. The predicted molar refractivity (Wildman–Crippen MR) is 60.9 cm³/mol. The monoisotopic (exact) mass is 220 g/mol. The van der Waals surface area contributed by atoms with Crippen LogP contribution in [0.2, 0.25) is 0 Å². The summed E-state index contributed by atoms with van der Waals surface area (Å²) in [6.07, 6.45) is 1.58. The van der Waals surface area contributed by atoms with E-state index in [0.29, 0.717) is 0 Å². The van der Waals surface area contributed by atoms with Crippen molar-refractivity contribution in [3.63, 3.8) is 0 Å². The lowest BCUT2D eigenvalue weighted by molar-refractivity contribution is -0.142. The maximum Gasteiger partial charge on any atom is 0.307 e. The van der Waals surface area contributed by atoms with E-state index in [4.69, 9.17) is 9.84 Å². The van der Waals surface area contributed by atoms with Crippen LogP contribution >= 0.6 is 0 Å². The molecule has 0 saturated heterocycles. The van der Waals surface area contributed by atoms with Crippen molar-refractivity contribution in [2.24, 2.45) is 5.92 Å². The van der Waals surface area contributed by atoms with Gasteiger partial charge in [-0.3, -0.25) is 4.79 Å². The molecule has 2 atom stereocenters. The van der Waals surface area contributed by atoms with E-state index >= 15 is 0 Å². The Morgan fingerprint density at radius 2 is 2.25 bits per heavy atom. The minimum absolute atomic E-state index is 0.0661. The van der Waals surface area contributed by atoms with Gasteiger partial charge in [0.2, 0.25) is 0 Å². The topological polar surface area (TPSA) is 46.5 Å². The summed E-state index contributed by atoms with van der Waals surface area (Å²) in [5.74, 6) is -0.0893. The summed E-state index contributed by atoms with van der Waals surface area (Å²) in [6, 6.07) is 5.95. The SMILES string of the molecule is COc1ccc2c(c1)C(C)C(C(=O)O)CC2. The second-order valence-electron chi connectivity index (χ2n) is 4.34. The predicted octanol–water partition coefficient (Wildman–Crippen LogP) is 2.45. The Morgan fingerprint density at radius 3 is 2.88 bits per heavy atom. The molecular formula is C13H16O3. The average Bonchev–Trinajstić information content (AvgIpc) is 2.28. The van der Waals surface area contributed by atoms with Crippen LogP contribution in [0.5, 0.6) is 5.75 Å². The van der Waals surface area contributed by atoms with Crippen molar-refractivity contribution in [1.82, 2.24) is 0 Å². The van der Waals surface area contributed by atoms with Crippen molar-refractivity contribution in [2.75, 3.05) is 7.11 Å². The van der Waals surface area contributed by atoms with Crippen LogP contribution in [-0.2, 0) is 11.2 Å². The van der Waals surface area contributed by atoms with E-state index in [0.717, 1.165) is 24.2 Å². The highest BCUT2D eigenvalue weighted by molar-refractivity contribution is 5.72. The summed E-state index contributed by atoms with van der Waals surface area (Å²) in [6.45, 7) is 1.98. The molecule has 2 unspecified atom stereocenters. The van der Waals surface area contributed by atoms with Crippen LogP contribution in [-0.4, -0.2) is 18.2 Å². The molecule has 1 aliphatic carbocycles. The second-order valence-corrected chi connectivity index (χ2v) is 4.34. The Kier molecular flexibility index (Phi) is 2.86. The van der Waals surface area contributed by atoms with Gasteiger partial charge in [0.15, 0.2) is 0 Å². The zero-order valence-corrected chi connectivity index (χ0v) is 9.56. The zero-order chi connectivity index (χ0) is 11.7. The highest BCUT2D eigenvalue weighted by Gasteiger charge is 2.31. The summed E-state index contributed by atoms with van der Waals surface area (Å²) in [7, 11) is 1.63. The van der Waals surface area contributed by atoms with E-state index in [1.807, 2.05) is 25.1 Å². The van der Waals surface area contributed by atoms with E-state index in [9.17, 15) is 4.79 Å². The molecule has 0 aliphatic heterocycles. The van der Waals surface area contributed by atoms with Gasteiger partial charge in [-0.05, 0) is 42.0 Å². The first-order valence-electron chi connectivity index (χ1n) is 5.53. The number of benzene rings is 1. The first-order chi connectivity index (χ1) is 7.63. The number of carbonyl (C=O) groups is 1. The summed E-state index contributed by atoms with van der Waals surface area (Å²) in [5, 5.41) is 9.13. The molecule has 3 nitrogen and oxygen atoms in total. The van der Waals surface area contributed by atoms with Crippen molar-refractivity contribution >= 4 is 5.97 Å². The maximum absolute atomic E-state index is 11.1. The van der Waals surface area contributed by atoms with Crippen LogP contribution in [0.25, 0.3) is 0 Å². The molecule has 0 radical (unpaired) electrons. The number of aryl methyl sites for hydroxylation is 1. The second kappa shape index (κ2) is 4.16. The molecule has 0 fully saturated rings. The summed E-state index contributed by atoms with van der Waals surface area (Å²) < 4.78 is 5.18. The number of hydrogen-bond donors (Lipinski definition) is 1. The van der Waals surface area contributed by atoms with Crippen LogP contribution in [0.4, 0.5) is 0 Å². The molecule has 0 aromatic heterocycles. The fourth-order valence-corrected chi connectivity index (χ4v) is 2.47. The molecule has 0 spiro atoms.